The van der Waals surface area contributed by atoms with E-state index in [0.29, 0.717) is 37.0 Å². The van der Waals surface area contributed by atoms with Crippen molar-refractivity contribution in [2.75, 3.05) is 42.2 Å². The fourth-order valence-corrected chi connectivity index (χ4v) is 4.12. The van der Waals surface area contributed by atoms with Gasteiger partial charge in [-0.05, 0) is 44.2 Å². The number of carbonyl (C=O) groups is 2. The molecule has 2 aromatic heterocycles. The topological polar surface area (TPSA) is 144 Å². The van der Waals surface area contributed by atoms with Crippen molar-refractivity contribution in [1.29, 1.82) is 0 Å². The first kappa shape index (κ1) is 30.8. The summed E-state index contributed by atoms with van der Waals surface area (Å²) in [6.07, 6.45) is 0.669. The van der Waals surface area contributed by atoms with E-state index in [4.69, 9.17) is 9.90 Å². The van der Waals surface area contributed by atoms with Crippen molar-refractivity contribution in [2.24, 2.45) is 0 Å². The van der Waals surface area contributed by atoms with Crippen molar-refractivity contribution in [1.82, 2.24) is 19.9 Å². The van der Waals surface area contributed by atoms with Gasteiger partial charge in [-0.25, -0.2) is 19.0 Å². The standard InChI is InChI=1S/C23H32FN7O2.C2HF3O2/c1-3-15(24)12-26-22-27-14-19(21(29-22)28-16-4-7-18(32)8-5-16)20-9-6-17(13-25-20)31-11-10-30(2)23(31)33;3-2(4,5)1(6)7/h6,9,13-16,18,32H,3-5,7-8,10-12H2,1-2H3,(H2,26,27,28,29);(H,6,7). The molecule has 15 heteroatoms. The molecule has 1 unspecified atom stereocenters. The molecule has 1 aliphatic heterocycles. The lowest BCUT2D eigenvalue weighted by molar-refractivity contribution is -0.192. The van der Waals surface area contributed by atoms with Gasteiger partial charge in [-0.3, -0.25) is 9.88 Å². The molecule has 0 bridgehead atoms. The van der Waals surface area contributed by atoms with Gasteiger partial charge in [0.25, 0.3) is 0 Å². The third kappa shape index (κ3) is 8.37. The maximum Gasteiger partial charge on any atom is 0.490 e. The highest BCUT2D eigenvalue weighted by atomic mass is 19.4. The highest BCUT2D eigenvalue weighted by Gasteiger charge is 2.38. The van der Waals surface area contributed by atoms with E-state index in [1.165, 1.54) is 0 Å². The lowest BCUT2D eigenvalue weighted by Gasteiger charge is -2.27. The third-order valence-corrected chi connectivity index (χ3v) is 6.55. The molecular formula is C25H33F4N7O4. The Bertz CT molecular complexity index is 1140. The molecule has 2 aliphatic rings. The maximum absolute atomic E-state index is 13.7. The second-order valence-electron chi connectivity index (χ2n) is 9.55. The summed E-state index contributed by atoms with van der Waals surface area (Å²) in [5.41, 5.74) is 2.16. The van der Waals surface area contributed by atoms with Crippen LogP contribution in [0.15, 0.2) is 24.5 Å². The molecule has 2 aromatic rings. The van der Waals surface area contributed by atoms with Crippen LogP contribution in [0.2, 0.25) is 0 Å². The molecule has 2 amide bonds. The molecule has 40 heavy (non-hydrogen) atoms. The van der Waals surface area contributed by atoms with Crippen LogP contribution in [0.25, 0.3) is 11.3 Å². The first-order chi connectivity index (χ1) is 18.9. The van der Waals surface area contributed by atoms with Crippen molar-refractivity contribution in [3.05, 3.63) is 24.5 Å². The minimum Gasteiger partial charge on any atom is -0.475 e. The van der Waals surface area contributed by atoms with Gasteiger partial charge in [0.05, 0.1) is 29.2 Å². The second-order valence-corrected chi connectivity index (χ2v) is 9.55. The number of pyridine rings is 1. The number of carboxylic acid groups (broad SMARTS) is 1. The van der Waals surface area contributed by atoms with Gasteiger partial charge in [-0.15, -0.1) is 0 Å². The zero-order valence-electron chi connectivity index (χ0n) is 22.2. The summed E-state index contributed by atoms with van der Waals surface area (Å²) in [6.45, 7) is 3.26. The average Bonchev–Trinajstić information content (AvgIpc) is 3.26. The van der Waals surface area contributed by atoms with Crippen LogP contribution in [-0.4, -0.2) is 93.2 Å². The van der Waals surface area contributed by atoms with Crippen LogP contribution in [0.4, 0.5) is 39.8 Å². The minimum absolute atomic E-state index is 0.0385. The van der Waals surface area contributed by atoms with E-state index in [9.17, 15) is 27.5 Å². The summed E-state index contributed by atoms with van der Waals surface area (Å²) in [5.74, 6) is -1.78. The molecule has 4 N–H and O–H groups in total. The maximum atomic E-state index is 13.7. The number of hydrogen-bond donors (Lipinski definition) is 4. The van der Waals surface area contributed by atoms with Gasteiger partial charge >= 0.3 is 18.2 Å². The molecule has 1 saturated heterocycles. The van der Waals surface area contributed by atoms with E-state index in [2.05, 4.69) is 25.6 Å². The third-order valence-electron chi connectivity index (χ3n) is 6.55. The number of likely N-dealkylation sites (N-methyl/N-ethyl adjacent to an activating group) is 1. The Morgan fingerprint density at radius 2 is 1.82 bits per heavy atom. The monoisotopic (exact) mass is 571 g/mol. The zero-order valence-corrected chi connectivity index (χ0v) is 22.2. The predicted octanol–water partition coefficient (Wildman–Crippen LogP) is 3.92. The number of aromatic nitrogens is 3. The summed E-state index contributed by atoms with van der Waals surface area (Å²) >= 11 is 0. The lowest BCUT2D eigenvalue weighted by atomic mass is 9.93. The van der Waals surface area contributed by atoms with Gasteiger partial charge in [-0.2, -0.15) is 18.2 Å². The molecule has 0 radical (unpaired) electrons. The Hall–Kier alpha value is -3.75. The summed E-state index contributed by atoms with van der Waals surface area (Å²) < 4.78 is 45.4. The minimum atomic E-state index is -5.08. The number of aliphatic carboxylic acids is 1. The number of carbonyl (C=O) groups excluding carboxylic acids is 1. The molecule has 11 nitrogen and oxygen atoms in total. The van der Waals surface area contributed by atoms with Gasteiger partial charge in [0.2, 0.25) is 5.95 Å². The van der Waals surface area contributed by atoms with Gasteiger partial charge in [-0.1, -0.05) is 6.92 Å². The SMILES string of the molecule is CCC(F)CNc1ncc(-c2ccc(N3CCN(C)C3=O)cn2)c(NC2CCC(O)CC2)n1.O=C(O)C(F)(F)F. The average molecular weight is 572 g/mol. The number of anilines is 3. The number of amides is 2. The molecule has 2 fully saturated rings. The summed E-state index contributed by atoms with van der Waals surface area (Å²) in [7, 11) is 1.78. The number of halogens is 4. The Morgan fingerprint density at radius 3 is 2.35 bits per heavy atom. The van der Waals surface area contributed by atoms with Crippen molar-refractivity contribution in [3.63, 3.8) is 0 Å². The van der Waals surface area contributed by atoms with Crippen molar-refractivity contribution in [2.45, 2.75) is 63.5 Å². The number of nitrogens with zero attached hydrogens (tertiary/aromatic N) is 5. The quantitative estimate of drug-likeness (QED) is 0.347. The number of nitrogens with one attached hydrogen (secondary N) is 2. The van der Waals surface area contributed by atoms with Crippen LogP contribution in [0.5, 0.6) is 0 Å². The highest BCUT2D eigenvalue weighted by molar-refractivity contribution is 5.94. The highest BCUT2D eigenvalue weighted by Crippen LogP contribution is 2.30. The van der Waals surface area contributed by atoms with Crippen LogP contribution < -0.4 is 15.5 Å². The number of hydrogen-bond acceptors (Lipinski definition) is 8. The van der Waals surface area contributed by atoms with E-state index < -0.39 is 18.3 Å². The lowest BCUT2D eigenvalue weighted by Crippen LogP contribution is -2.29. The fraction of sp³-hybridized carbons (Fsp3) is 0.560. The van der Waals surface area contributed by atoms with Crippen LogP contribution in [0, 0.1) is 0 Å². The molecular weight excluding hydrogens is 538 g/mol. The first-order valence-electron chi connectivity index (χ1n) is 12.9. The summed E-state index contributed by atoms with van der Waals surface area (Å²) in [6, 6.07) is 3.87. The smallest absolute Gasteiger partial charge is 0.475 e. The molecule has 1 saturated carbocycles. The normalized spacial score (nSPS) is 20.0. The van der Waals surface area contributed by atoms with Crippen molar-refractivity contribution >= 4 is 29.5 Å². The van der Waals surface area contributed by atoms with Crippen LogP contribution in [0.3, 0.4) is 0 Å². The fourth-order valence-electron chi connectivity index (χ4n) is 4.12. The molecule has 1 atom stereocenters. The van der Waals surface area contributed by atoms with Crippen LogP contribution in [0.1, 0.15) is 39.0 Å². The van der Waals surface area contributed by atoms with Crippen LogP contribution in [-0.2, 0) is 4.79 Å². The van der Waals surface area contributed by atoms with E-state index in [0.717, 1.165) is 36.9 Å². The molecule has 1 aliphatic carbocycles. The Labute approximate surface area is 228 Å². The number of alkyl halides is 4. The number of carboxylic acids is 1. The van der Waals surface area contributed by atoms with E-state index in [-0.39, 0.29) is 24.7 Å². The summed E-state index contributed by atoms with van der Waals surface area (Å²) in [5, 5.41) is 23.4. The first-order valence-corrected chi connectivity index (χ1v) is 12.9. The second kappa shape index (κ2) is 13.5. The van der Waals surface area contributed by atoms with Gasteiger partial charge < -0.3 is 25.7 Å². The number of urea groups is 1. The number of rotatable bonds is 8. The van der Waals surface area contributed by atoms with Crippen molar-refractivity contribution in [3.8, 4) is 11.3 Å². The largest absolute Gasteiger partial charge is 0.490 e. The van der Waals surface area contributed by atoms with E-state index in [1.807, 2.05) is 12.1 Å². The number of aliphatic hydroxyl groups is 1. The Kier molecular flexibility index (Phi) is 10.4. The van der Waals surface area contributed by atoms with Gasteiger partial charge in [0, 0.05) is 38.9 Å². The molecule has 3 heterocycles. The predicted molar refractivity (Wildman–Crippen MR) is 140 cm³/mol. The molecule has 220 valence electrons. The molecule has 0 aromatic carbocycles. The van der Waals surface area contributed by atoms with Gasteiger partial charge in [0.15, 0.2) is 0 Å². The van der Waals surface area contributed by atoms with E-state index in [1.54, 1.807) is 36.2 Å². The van der Waals surface area contributed by atoms with Gasteiger partial charge in [0.1, 0.15) is 12.0 Å². The zero-order chi connectivity index (χ0) is 29.4. The Morgan fingerprint density at radius 1 is 1.15 bits per heavy atom. The van der Waals surface area contributed by atoms with E-state index >= 15 is 0 Å². The summed E-state index contributed by atoms with van der Waals surface area (Å²) in [4.78, 5) is 38.1. The molecule has 0 spiro atoms. The molecule has 4 rings (SSSR count). The Balaban J connectivity index is 0.000000559. The van der Waals surface area contributed by atoms with Crippen molar-refractivity contribution < 1.29 is 37.4 Å². The van der Waals surface area contributed by atoms with Crippen LogP contribution >= 0.6 is 0 Å². The number of aliphatic hydroxyl groups excluding tert-OH is 1.